The largest absolute Gasteiger partial charge is 0.316 e. The third-order valence-corrected chi connectivity index (χ3v) is 4.13. The van der Waals surface area contributed by atoms with Gasteiger partial charge in [0.2, 0.25) is 0 Å². The Hall–Kier alpha value is -0.700. The molecule has 0 aliphatic carbocycles. The van der Waals surface area contributed by atoms with Gasteiger partial charge in [-0.05, 0) is 32.4 Å². The maximum absolute atomic E-state index is 10.9. The lowest BCUT2D eigenvalue weighted by Gasteiger charge is -2.00. The third-order valence-electron chi connectivity index (χ3n) is 4.13. The third kappa shape index (κ3) is 21.3. The number of hydrogen-bond acceptors (Lipinski definition) is 3. The average Bonchev–Trinajstić information content (AvgIpc) is 3.01. The van der Waals surface area contributed by atoms with E-state index in [0.717, 1.165) is 5.92 Å². The highest BCUT2D eigenvalue weighted by molar-refractivity contribution is 5.85. The molecular weight excluding hydrogens is 298 g/mol. The van der Waals surface area contributed by atoms with Gasteiger partial charge in [-0.3, -0.25) is 4.79 Å². The Balaban J connectivity index is 0. The molecule has 1 atom stereocenters. The van der Waals surface area contributed by atoms with Gasteiger partial charge in [0.05, 0.1) is 0 Å². The number of carbonyl (C=O) groups excluding carboxylic acids is 2. The first kappa shape index (κ1) is 25.5. The molecule has 1 aliphatic rings. The maximum Gasteiger partial charge on any atom is 0.135 e. The van der Waals surface area contributed by atoms with Crippen molar-refractivity contribution in [1.82, 2.24) is 5.32 Å². The fourth-order valence-electron chi connectivity index (χ4n) is 2.24. The summed E-state index contributed by atoms with van der Waals surface area (Å²) in [6.45, 7) is 14.5. The molecule has 0 saturated carbocycles. The van der Waals surface area contributed by atoms with E-state index >= 15 is 0 Å². The molecule has 1 fully saturated rings. The molecule has 0 amide bonds. The highest BCUT2D eigenvalue weighted by Gasteiger charge is 2.07. The first-order valence-electron chi connectivity index (χ1n) is 10.1. The van der Waals surface area contributed by atoms with Crippen molar-refractivity contribution in [2.45, 2.75) is 99.3 Å². The highest BCUT2D eigenvalue weighted by Crippen LogP contribution is 2.04. The lowest BCUT2D eigenvalue weighted by atomic mass is 10.0. The van der Waals surface area contributed by atoms with Gasteiger partial charge >= 0.3 is 0 Å². The molecule has 1 unspecified atom stereocenters. The summed E-state index contributed by atoms with van der Waals surface area (Å²) >= 11 is 0. The molecule has 3 heteroatoms. The summed E-state index contributed by atoms with van der Waals surface area (Å²) in [6, 6.07) is 0. The van der Waals surface area contributed by atoms with E-state index in [0.29, 0.717) is 12.8 Å². The van der Waals surface area contributed by atoms with Crippen LogP contribution in [-0.4, -0.2) is 24.7 Å². The number of Topliss-reactive ketones (excluding diaryl/α,β-unsaturated/α-hetero) is 2. The minimum absolute atomic E-state index is 0.0688. The van der Waals surface area contributed by atoms with E-state index in [-0.39, 0.29) is 17.5 Å². The van der Waals surface area contributed by atoms with Crippen LogP contribution in [0.2, 0.25) is 0 Å². The van der Waals surface area contributed by atoms with Gasteiger partial charge in [0.1, 0.15) is 11.6 Å². The van der Waals surface area contributed by atoms with E-state index in [1.165, 1.54) is 65.0 Å². The van der Waals surface area contributed by atoms with E-state index in [9.17, 15) is 9.59 Å². The van der Waals surface area contributed by atoms with Gasteiger partial charge in [-0.15, -0.1) is 0 Å². The molecule has 1 saturated heterocycles. The van der Waals surface area contributed by atoms with Gasteiger partial charge in [-0.2, -0.15) is 0 Å². The molecule has 144 valence electrons. The van der Waals surface area contributed by atoms with Crippen LogP contribution in [0.5, 0.6) is 0 Å². The Labute approximate surface area is 151 Å². The summed E-state index contributed by atoms with van der Waals surface area (Å²) in [5.41, 5.74) is 0. The summed E-state index contributed by atoms with van der Waals surface area (Å²) in [5, 5.41) is 3.27. The molecular formula is C21H43NO2. The standard InChI is InChI=1S/C8H14O2.C8H18.C5H11N/c1-6(2)8(10)5-4-7(3)9;1-3-5-7-8-6-4-2;1-5-2-3-6-4-5/h6H,4-5H2,1-3H3;3-8H2,1-2H3;5-6H,2-4H2,1H3. The van der Waals surface area contributed by atoms with E-state index in [4.69, 9.17) is 0 Å². The van der Waals surface area contributed by atoms with E-state index in [2.05, 4.69) is 26.1 Å². The summed E-state index contributed by atoms with van der Waals surface area (Å²) in [5.74, 6) is 1.27. The minimum Gasteiger partial charge on any atom is -0.316 e. The number of unbranched alkanes of at least 4 members (excludes halogenated alkanes) is 5. The minimum atomic E-state index is 0.0688. The van der Waals surface area contributed by atoms with Gasteiger partial charge in [-0.1, -0.05) is 73.1 Å². The first-order chi connectivity index (χ1) is 11.3. The molecule has 1 heterocycles. The summed E-state index contributed by atoms with van der Waals surface area (Å²) in [7, 11) is 0. The molecule has 0 spiro atoms. The van der Waals surface area contributed by atoms with Crippen LogP contribution in [0, 0.1) is 11.8 Å². The number of rotatable bonds is 9. The van der Waals surface area contributed by atoms with Gasteiger partial charge in [0, 0.05) is 18.8 Å². The monoisotopic (exact) mass is 341 g/mol. The lowest BCUT2D eigenvalue weighted by Crippen LogP contribution is -2.08. The predicted molar refractivity (Wildman–Crippen MR) is 105 cm³/mol. The number of carbonyl (C=O) groups is 2. The van der Waals surface area contributed by atoms with Crippen LogP contribution < -0.4 is 5.32 Å². The Morgan fingerprint density at radius 1 is 1.00 bits per heavy atom. The van der Waals surface area contributed by atoms with Crippen molar-refractivity contribution in [3.8, 4) is 0 Å². The van der Waals surface area contributed by atoms with Crippen molar-refractivity contribution in [1.29, 1.82) is 0 Å². The zero-order valence-corrected chi connectivity index (χ0v) is 17.2. The second kappa shape index (κ2) is 18.6. The number of hydrogen-bond donors (Lipinski definition) is 1. The topological polar surface area (TPSA) is 46.2 Å². The van der Waals surface area contributed by atoms with Gasteiger partial charge < -0.3 is 10.1 Å². The number of nitrogens with one attached hydrogen (secondary N) is 1. The van der Waals surface area contributed by atoms with Crippen LogP contribution >= 0.6 is 0 Å². The summed E-state index contributed by atoms with van der Waals surface area (Å²) in [4.78, 5) is 21.3. The van der Waals surface area contributed by atoms with Crippen molar-refractivity contribution < 1.29 is 9.59 Å². The summed E-state index contributed by atoms with van der Waals surface area (Å²) in [6.07, 6.45) is 10.7. The smallest absolute Gasteiger partial charge is 0.135 e. The maximum atomic E-state index is 10.9. The predicted octanol–water partition coefficient (Wildman–Crippen LogP) is 5.56. The first-order valence-corrected chi connectivity index (χ1v) is 10.1. The van der Waals surface area contributed by atoms with Gasteiger partial charge in [0.15, 0.2) is 0 Å². The van der Waals surface area contributed by atoms with Crippen molar-refractivity contribution >= 4 is 11.6 Å². The zero-order chi connectivity index (χ0) is 18.8. The normalized spacial score (nSPS) is 16.0. The molecule has 0 aromatic rings. The van der Waals surface area contributed by atoms with E-state index in [1.807, 2.05) is 13.8 Å². The van der Waals surface area contributed by atoms with Crippen LogP contribution in [0.1, 0.15) is 99.3 Å². The van der Waals surface area contributed by atoms with Crippen LogP contribution in [-0.2, 0) is 9.59 Å². The second-order valence-electron chi connectivity index (χ2n) is 7.34. The fourth-order valence-corrected chi connectivity index (χ4v) is 2.24. The van der Waals surface area contributed by atoms with Crippen LogP contribution in [0.25, 0.3) is 0 Å². The van der Waals surface area contributed by atoms with Gasteiger partial charge in [0.25, 0.3) is 0 Å². The van der Waals surface area contributed by atoms with Crippen molar-refractivity contribution in [2.75, 3.05) is 13.1 Å². The van der Waals surface area contributed by atoms with E-state index in [1.54, 1.807) is 0 Å². The fraction of sp³-hybridized carbons (Fsp3) is 0.905. The molecule has 1 N–H and O–H groups in total. The lowest BCUT2D eigenvalue weighted by molar-refractivity contribution is -0.125. The molecule has 0 radical (unpaired) electrons. The van der Waals surface area contributed by atoms with Crippen LogP contribution in [0.4, 0.5) is 0 Å². The number of ketones is 2. The zero-order valence-electron chi connectivity index (χ0n) is 17.2. The SMILES string of the molecule is CC(=O)CCC(=O)C(C)C.CC1CCNC1.CCCCCCCC. The second-order valence-corrected chi connectivity index (χ2v) is 7.34. The highest BCUT2D eigenvalue weighted by atomic mass is 16.1. The Kier molecular flexibility index (Phi) is 19.8. The van der Waals surface area contributed by atoms with Crippen molar-refractivity contribution in [3.63, 3.8) is 0 Å². The Morgan fingerprint density at radius 3 is 1.79 bits per heavy atom. The Morgan fingerprint density at radius 2 is 1.54 bits per heavy atom. The Bertz CT molecular complexity index is 288. The molecule has 0 bridgehead atoms. The molecule has 1 rings (SSSR count). The van der Waals surface area contributed by atoms with Crippen LogP contribution in [0.15, 0.2) is 0 Å². The average molecular weight is 342 g/mol. The van der Waals surface area contributed by atoms with Crippen molar-refractivity contribution in [2.24, 2.45) is 11.8 Å². The van der Waals surface area contributed by atoms with E-state index < -0.39 is 0 Å². The molecule has 24 heavy (non-hydrogen) atoms. The van der Waals surface area contributed by atoms with Crippen LogP contribution in [0.3, 0.4) is 0 Å². The molecule has 0 aromatic heterocycles. The van der Waals surface area contributed by atoms with Gasteiger partial charge in [-0.25, -0.2) is 0 Å². The summed E-state index contributed by atoms with van der Waals surface area (Å²) < 4.78 is 0. The molecule has 0 aromatic carbocycles. The quantitative estimate of drug-likeness (QED) is 0.558. The molecule has 1 aliphatic heterocycles. The van der Waals surface area contributed by atoms with Crippen molar-refractivity contribution in [3.05, 3.63) is 0 Å². The molecule has 3 nitrogen and oxygen atoms in total.